The molecule has 0 saturated carbocycles. The molecule has 7 heteroatoms. The van der Waals surface area contributed by atoms with Crippen LogP contribution < -0.4 is 5.32 Å². The van der Waals surface area contributed by atoms with Gasteiger partial charge in [0, 0.05) is 6.04 Å². The molecule has 1 N–H and O–H groups in total. The first-order valence-electron chi connectivity index (χ1n) is 7.93. The predicted octanol–water partition coefficient (Wildman–Crippen LogP) is 2.84. The molecule has 1 aromatic rings. The van der Waals surface area contributed by atoms with Crippen molar-refractivity contribution in [3.8, 4) is 6.07 Å². The Balaban J connectivity index is 2.82. The van der Waals surface area contributed by atoms with Crippen molar-refractivity contribution in [3.63, 3.8) is 0 Å². The van der Waals surface area contributed by atoms with Crippen LogP contribution in [0.15, 0.2) is 11.1 Å². The molecular formula is C17H23N3O3S. The van der Waals surface area contributed by atoms with E-state index >= 15 is 0 Å². The van der Waals surface area contributed by atoms with Gasteiger partial charge < -0.3 is 10.1 Å². The smallest absolute Gasteiger partial charge is 0.340 e. The Kier molecular flexibility index (Phi) is 8.27. The van der Waals surface area contributed by atoms with Crippen molar-refractivity contribution in [2.45, 2.75) is 51.6 Å². The van der Waals surface area contributed by atoms with Crippen molar-refractivity contribution in [3.05, 3.63) is 22.9 Å². The van der Waals surface area contributed by atoms with E-state index in [2.05, 4.69) is 17.2 Å². The van der Waals surface area contributed by atoms with Gasteiger partial charge in [0.2, 0.25) is 5.91 Å². The molecular weight excluding hydrogens is 326 g/mol. The maximum Gasteiger partial charge on any atom is 0.340 e. The molecule has 6 nitrogen and oxygen atoms in total. The van der Waals surface area contributed by atoms with Crippen LogP contribution in [0, 0.1) is 18.3 Å². The molecule has 1 atom stereocenters. The Hall–Kier alpha value is -2.07. The Labute approximate surface area is 147 Å². The van der Waals surface area contributed by atoms with E-state index in [1.807, 2.05) is 13.0 Å². The molecule has 0 aromatic carbocycles. The van der Waals surface area contributed by atoms with Gasteiger partial charge in [0.25, 0.3) is 0 Å². The molecule has 1 rings (SSSR count). The molecule has 0 spiro atoms. The van der Waals surface area contributed by atoms with E-state index in [0.717, 1.165) is 12.8 Å². The van der Waals surface area contributed by atoms with Gasteiger partial charge in [0.05, 0.1) is 29.2 Å². The third kappa shape index (κ3) is 5.85. The van der Waals surface area contributed by atoms with Crippen molar-refractivity contribution in [1.82, 2.24) is 10.3 Å². The number of aryl methyl sites for hydroxylation is 1. The van der Waals surface area contributed by atoms with Gasteiger partial charge in [-0.1, -0.05) is 25.1 Å². The number of ether oxygens (including phenoxy) is 1. The quantitative estimate of drug-likeness (QED) is 0.573. The molecule has 130 valence electrons. The van der Waals surface area contributed by atoms with Crippen LogP contribution >= 0.6 is 11.8 Å². The zero-order chi connectivity index (χ0) is 18.1. The average Bonchev–Trinajstić information content (AvgIpc) is 2.53. The van der Waals surface area contributed by atoms with E-state index in [4.69, 9.17) is 4.74 Å². The predicted molar refractivity (Wildman–Crippen MR) is 92.9 cm³/mol. The van der Waals surface area contributed by atoms with E-state index in [0.29, 0.717) is 10.7 Å². The number of nitriles is 1. The number of carbonyl (C=O) groups excluding carboxylic acids is 2. The fraction of sp³-hybridized carbons (Fsp3) is 0.529. The summed E-state index contributed by atoms with van der Waals surface area (Å²) in [5, 5.41) is 12.6. The standard InChI is InChI=1S/C17H23N3O3S/c1-5-7-11(3)19-15(21)10-24-16-13(9-18)8-14(12(4)20-16)17(22)23-6-2/h8,11H,5-7,10H2,1-4H3,(H,19,21). The third-order valence-electron chi connectivity index (χ3n) is 3.26. The molecule has 0 fully saturated rings. The van der Waals surface area contributed by atoms with Crippen molar-refractivity contribution in [1.29, 1.82) is 5.26 Å². The zero-order valence-corrected chi connectivity index (χ0v) is 15.3. The number of rotatable bonds is 8. The highest BCUT2D eigenvalue weighted by molar-refractivity contribution is 8.00. The van der Waals surface area contributed by atoms with Gasteiger partial charge in [0.1, 0.15) is 11.1 Å². The lowest BCUT2D eigenvalue weighted by molar-refractivity contribution is -0.119. The fourth-order valence-corrected chi connectivity index (χ4v) is 2.96. The highest BCUT2D eigenvalue weighted by Gasteiger charge is 2.17. The van der Waals surface area contributed by atoms with Gasteiger partial charge >= 0.3 is 5.97 Å². The van der Waals surface area contributed by atoms with Crippen LogP contribution in [0.2, 0.25) is 0 Å². The lowest BCUT2D eigenvalue weighted by Gasteiger charge is -2.13. The number of amides is 1. The van der Waals surface area contributed by atoms with Gasteiger partial charge in [-0.25, -0.2) is 9.78 Å². The molecule has 1 unspecified atom stereocenters. The molecule has 0 saturated heterocycles. The Morgan fingerprint density at radius 1 is 1.46 bits per heavy atom. The number of thioether (sulfide) groups is 1. The number of nitrogens with zero attached hydrogens (tertiary/aromatic N) is 2. The SMILES string of the molecule is CCCC(C)NC(=O)CSc1nc(C)c(C(=O)OCC)cc1C#N. The largest absolute Gasteiger partial charge is 0.462 e. The monoisotopic (exact) mass is 349 g/mol. The van der Waals surface area contributed by atoms with Crippen molar-refractivity contribution < 1.29 is 14.3 Å². The van der Waals surface area contributed by atoms with Crippen molar-refractivity contribution in [2.24, 2.45) is 0 Å². The van der Waals surface area contributed by atoms with Gasteiger partial charge in [0.15, 0.2) is 0 Å². The van der Waals surface area contributed by atoms with Crippen LogP contribution in [0.25, 0.3) is 0 Å². The summed E-state index contributed by atoms with van der Waals surface area (Å²) in [6, 6.07) is 3.62. The van der Waals surface area contributed by atoms with Crippen LogP contribution in [0.3, 0.4) is 0 Å². The second-order valence-electron chi connectivity index (χ2n) is 5.35. The molecule has 0 bridgehead atoms. The summed E-state index contributed by atoms with van der Waals surface area (Å²) in [7, 11) is 0. The number of esters is 1. The highest BCUT2D eigenvalue weighted by atomic mass is 32.2. The first-order chi connectivity index (χ1) is 11.4. The summed E-state index contributed by atoms with van der Waals surface area (Å²) in [5.41, 5.74) is 1.02. The van der Waals surface area contributed by atoms with E-state index in [-0.39, 0.29) is 35.4 Å². The molecule has 1 heterocycles. The minimum atomic E-state index is -0.498. The second kappa shape index (κ2) is 9.93. The summed E-state index contributed by atoms with van der Waals surface area (Å²) in [6.45, 7) is 7.68. The Morgan fingerprint density at radius 2 is 2.17 bits per heavy atom. The maximum atomic E-state index is 11.9. The normalized spacial score (nSPS) is 11.5. The summed E-state index contributed by atoms with van der Waals surface area (Å²) in [4.78, 5) is 28.1. The van der Waals surface area contributed by atoms with Gasteiger partial charge in [-0.15, -0.1) is 0 Å². The van der Waals surface area contributed by atoms with E-state index in [1.54, 1.807) is 13.8 Å². The van der Waals surface area contributed by atoms with Gasteiger partial charge in [-0.05, 0) is 33.3 Å². The van der Waals surface area contributed by atoms with E-state index in [9.17, 15) is 14.9 Å². The molecule has 0 aliphatic rings. The minimum Gasteiger partial charge on any atom is -0.462 e. The average molecular weight is 349 g/mol. The lowest BCUT2D eigenvalue weighted by atomic mass is 10.1. The maximum absolute atomic E-state index is 11.9. The molecule has 0 aliphatic heterocycles. The van der Waals surface area contributed by atoms with E-state index in [1.165, 1.54) is 17.8 Å². The van der Waals surface area contributed by atoms with E-state index < -0.39 is 5.97 Å². The van der Waals surface area contributed by atoms with Crippen molar-refractivity contribution >= 4 is 23.6 Å². The molecule has 24 heavy (non-hydrogen) atoms. The molecule has 1 aromatic heterocycles. The number of pyridine rings is 1. The van der Waals surface area contributed by atoms with Crippen molar-refractivity contribution in [2.75, 3.05) is 12.4 Å². The van der Waals surface area contributed by atoms with Gasteiger partial charge in [-0.2, -0.15) is 5.26 Å². The first kappa shape index (κ1) is 20.0. The molecule has 0 radical (unpaired) electrons. The second-order valence-corrected chi connectivity index (χ2v) is 6.32. The van der Waals surface area contributed by atoms with Crippen LogP contribution in [0.5, 0.6) is 0 Å². The Morgan fingerprint density at radius 3 is 2.75 bits per heavy atom. The summed E-state index contributed by atoms with van der Waals surface area (Å²) >= 11 is 1.19. The van der Waals surface area contributed by atoms with Crippen LogP contribution in [-0.4, -0.2) is 35.3 Å². The van der Waals surface area contributed by atoms with Crippen LogP contribution in [0.4, 0.5) is 0 Å². The topological polar surface area (TPSA) is 92.1 Å². The summed E-state index contributed by atoms with van der Waals surface area (Å²) in [6.07, 6.45) is 1.93. The number of carbonyl (C=O) groups is 2. The fourth-order valence-electron chi connectivity index (χ4n) is 2.14. The molecule has 1 amide bonds. The lowest BCUT2D eigenvalue weighted by Crippen LogP contribution is -2.33. The van der Waals surface area contributed by atoms with Crippen LogP contribution in [-0.2, 0) is 9.53 Å². The summed E-state index contributed by atoms with van der Waals surface area (Å²) < 4.78 is 4.95. The zero-order valence-electron chi connectivity index (χ0n) is 14.5. The third-order valence-corrected chi connectivity index (χ3v) is 4.25. The number of nitrogens with one attached hydrogen (secondary N) is 1. The van der Waals surface area contributed by atoms with Gasteiger partial charge in [-0.3, -0.25) is 4.79 Å². The van der Waals surface area contributed by atoms with Crippen LogP contribution in [0.1, 0.15) is 55.2 Å². The first-order valence-corrected chi connectivity index (χ1v) is 8.92. The number of hydrogen-bond donors (Lipinski definition) is 1. The number of hydrogen-bond acceptors (Lipinski definition) is 6. The highest BCUT2D eigenvalue weighted by Crippen LogP contribution is 2.23. The Bertz CT molecular complexity index is 641. The number of aromatic nitrogens is 1. The summed E-state index contributed by atoms with van der Waals surface area (Å²) in [5.74, 6) is -0.422. The molecule has 0 aliphatic carbocycles. The minimum absolute atomic E-state index is 0.0984.